The average Bonchev–Trinajstić information content (AvgIpc) is 3.28. The van der Waals surface area contributed by atoms with Gasteiger partial charge in [-0.05, 0) is 36.2 Å². The Hall–Kier alpha value is -2.73. The first-order valence-electron chi connectivity index (χ1n) is 9.08. The van der Waals surface area contributed by atoms with Crippen LogP contribution in [0.15, 0.2) is 48.5 Å². The second kappa shape index (κ2) is 7.88. The number of thiazole rings is 1. The Kier molecular flexibility index (Phi) is 5.16. The lowest BCUT2D eigenvalue weighted by Crippen LogP contribution is -2.23. The molecule has 1 amide bonds. The van der Waals surface area contributed by atoms with Gasteiger partial charge in [0.05, 0.1) is 28.3 Å². The molecule has 0 saturated carbocycles. The van der Waals surface area contributed by atoms with E-state index in [1.807, 2.05) is 48.5 Å². The SMILES string of the molecule is O=C(Cc1ccc(N2CCCC2=O)cc1)OCCc1nc2ccccc2s1. The molecule has 1 saturated heterocycles. The maximum atomic E-state index is 12.1. The molecule has 3 aromatic rings. The van der Waals surface area contributed by atoms with Crippen LogP contribution in [0, 0.1) is 0 Å². The molecule has 0 aliphatic carbocycles. The second-order valence-corrected chi connectivity index (χ2v) is 7.65. The van der Waals surface area contributed by atoms with Crippen LogP contribution in [-0.4, -0.2) is 30.0 Å². The van der Waals surface area contributed by atoms with Crippen molar-refractivity contribution in [2.75, 3.05) is 18.1 Å². The molecule has 0 N–H and O–H groups in total. The number of rotatable bonds is 6. The number of carbonyl (C=O) groups is 2. The van der Waals surface area contributed by atoms with Gasteiger partial charge < -0.3 is 9.64 Å². The zero-order valence-electron chi connectivity index (χ0n) is 14.9. The van der Waals surface area contributed by atoms with E-state index in [-0.39, 0.29) is 18.3 Å². The molecule has 1 aromatic heterocycles. The molecule has 0 radical (unpaired) electrons. The number of esters is 1. The van der Waals surface area contributed by atoms with Crippen molar-refractivity contribution in [1.29, 1.82) is 0 Å². The quantitative estimate of drug-likeness (QED) is 0.611. The number of aromatic nitrogens is 1. The van der Waals surface area contributed by atoms with Gasteiger partial charge in [0.15, 0.2) is 0 Å². The predicted octanol–water partition coefficient (Wildman–Crippen LogP) is 3.75. The summed E-state index contributed by atoms with van der Waals surface area (Å²) in [5.41, 5.74) is 2.77. The van der Waals surface area contributed by atoms with Crippen LogP contribution in [-0.2, 0) is 27.2 Å². The summed E-state index contributed by atoms with van der Waals surface area (Å²) >= 11 is 1.63. The molecule has 0 unspecified atom stereocenters. The highest BCUT2D eigenvalue weighted by molar-refractivity contribution is 7.18. The molecule has 4 rings (SSSR count). The van der Waals surface area contributed by atoms with Crippen molar-refractivity contribution in [3.05, 3.63) is 59.1 Å². The summed E-state index contributed by atoms with van der Waals surface area (Å²) in [6.07, 6.45) is 2.37. The summed E-state index contributed by atoms with van der Waals surface area (Å²) in [4.78, 5) is 30.2. The van der Waals surface area contributed by atoms with Crippen molar-refractivity contribution in [3.8, 4) is 0 Å². The minimum atomic E-state index is -0.249. The van der Waals surface area contributed by atoms with E-state index >= 15 is 0 Å². The number of amides is 1. The van der Waals surface area contributed by atoms with Gasteiger partial charge in [-0.1, -0.05) is 24.3 Å². The number of hydrogen-bond donors (Lipinski definition) is 0. The molecule has 138 valence electrons. The minimum absolute atomic E-state index is 0.164. The van der Waals surface area contributed by atoms with Crippen LogP contribution < -0.4 is 4.90 Å². The highest BCUT2D eigenvalue weighted by Crippen LogP contribution is 2.23. The van der Waals surface area contributed by atoms with Crippen LogP contribution in [0.2, 0.25) is 0 Å². The Morgan fingerprint density at radius 3 is 2.70 bits per heavy atom. The molecule has 2 heterocycles. The zero-order valence-corrected chi connectivity index (χ0v) is 15.7. The lowest BCUT2D eigenvalue weighted by atomic mass is 10.1. The standard InChI is InChI=1S/C21H20N2O3S/c24-20-6-3-12-23(20)16-9-7-15(8-10-16)14-21(25)26-13-11-19-22-17-4-1-2-5-18(17)27-19/h1-2,4-5,7-10H,3,6,11-14H2. The third kappa shape index (κ3) is 4.17. The smallest absolute Gasteiger partial charge is 0.310 e. The van der Waals surface area contributed by atoms with E-state index in [1.54, 1.807) is 16.2 Å². The Labute approximate surface area is 161 Å². The fourth-order valence-corrected chi connectivity index (χ4v) is 4.16. The molecule has 0 atom stereocenters. The molecule has 27 heavy (non-hydrogen) atoms. The number of nitrogens with zero attached hydrogens (tertiary/aromatic N) is 2. The summed E-state index contributed by atoms with van der Waals surface area (Å²) < 4.78 is 6.50. The molecular formula is C21H20N2O3S. The van der Waals surface area contributed by atoms with Crippen molar-refractivity contribution in [2.24, 2.45) is 0 Å². The van der Waals surface area contributed by atoms with Crippen molar-refractivity contribution in [1.82, 2.24) is 4.98 Å². The van der Waals surface area contributed by atoms with E-state index in [0.29, 0.717) is 19.4 Å². The Morgan fingerprint density at radius 2 is 1.96 bits per heavy atom. The van der Waals surface area contributed by atoms with Crippen LogP contribution >= 0.6 is 11.3 Å². The fourth-order valence-electron chi connectivity index (χ4n) is 3.21. The van der Waals surface area contributed by atoms with Crippen molar-refractivity contribution < 1.29 is 14.3 Å². The lowest BCUT2D eigenvalue weighted by molar-refractivity contribution is -0.142. The molecule has 0 bridgehead atoms. The summed E-state index contributed by atoms with van der Waals surface area (Å²) in [5, 5.41) is 0.976. The van der Waals surface area contributed by atoms with Crippen molar-refractivity contribution >= 4 is 39.1 Å². The van der Waals surface area contributed by atoms with Crippen LogP contribution in [0.25, 0.3) is 10.2 Å². The van der Waals surface area contributed by atoms with Gasteiger partial charge in [-0.25, -0.2) is 4.98 Å². The van der Waals surface area contributed by atoms with E-state index in [4.69, 9.17) is 4.74 Å². The Bertz CT molecular complexity index is 932. The first-order valence-corrected chi connectivity index (χ1v) is 9.90. The van der Waals surface area contributed by atoms with E-state index < -0.39 is 0 Å². The topological polar surface area (TPSA) is 59.5 Å². The third-order valence-electron chi connectivity index (χ3n) is 4.59. The van der Waals surface area contributed by atoms with E-state index in [1.165, 1.54) is 0 Å². The number of hydrogen-bond acceptors (Lipinski definition) is 5. The maximum Gasteiger partial charge on any atom is 0.310 e. The Morgan fingerprint density at radius 1 is 1.15 bits per heavy atom. The number of benzene rings is 2. The number of fused-ring (bicyclic) bond motifs is 1. The fraction of sp³-hybridized carbons (Fsp3) is 0.286. The predicted molar refractivity (Wildman–Crippen MR) is 106 cm³/mol. The van der Waals surface area contributed by atoms with Gasteiger partial charge in [0, 0.05) is 25.1 Å². The number of ether oxygens (including phenoxy) is 1. The third-order valence-corrected chi connectivity index (χ3v) is 5.68. The normalized spacial score (nSPS) is 14.1. The van der Waals surface area contributed by atoms with Gasteiger partial charge >= 0.3 is 5.97 Å². The highest BCUT2D eigenvalue weighted by Gasteiger charge is 2.21. The summed E-state index contributed by atoms with van der Waals surface area (Å²) in [6.45, 7) is 1.10. The van der Waals surface area contributed by atoms with Crippen LogP contribution in [0.3, 0.4) is 0 Å². The molecule has 1 aliphatic heterocycles. The van der Waals surface area contributed by atoms with Gasteiger partial charge in [0.1, 0.15) is 0 Å². The number of para-hydroxylation sites is 1. The summed E-state index contributed by atoms with van der Waals surface area (Å²) in [7, 11) is 0. The van der Waals surface area contributed by atoms with E-state index in [9.17, 15) is 9.59 Å². The van der Waals surface area contributed by atoms with Crippen LogP contribution in [0.4, 0.5) is 5.69 Å². The maximum absolute atomic E-state index is 12.1. The second-order valence-electron chi connectivity index (χ2n) is 6.54. The molecule has 1 fully saturated rings. The van der Waals surface area contributed by atoms with Crippen LogP contribution in [0.1, 0.15) is 23.4 Å². The Balaban J connectivity index is 1.27. The minimum Gasteiger partial charge on any atom is -0.465 e. The first kappa shape index (κ1) is 17.7. The molecule has 5 nitrogen and oxygen atoms in total. The summed E-state index contributed by atoms with van der Waals surface area (Å²) in [6, 6.07) is 15.6. The molecular weight excluding hydrogens is 360 g/mol. The highest BCUT2D eigenvalue weighted by atomic mass is 32.1. The number of anilines is 1. The number of carbonyl (C=O) groups excluding carboxylic acids is 2. The van der Waals surface area contributed by atoms with E-state index in [2.05, 4.69) is 4.98 Å². The first-order chi connectivity index (χ1) is 13.2. The van der Waals surface area contributed by atoms with Gasteiger partial charge in [-0.2, -0.15) is 0 Å². The zero-order chi connectivity index (χ0) is 18.6. The van der Waals surface area contributed by atoms with Crippen LogP contribution in [0.5, 0.6) is 0 Å². The lowest BCUT2D eigenvalue weighted by Gasteiger charge is -2.15. The van der Waals surface area contributed by atoms with Crippen molar-refractivity contribution in [2.45, 2.75) is 25.7 Å². The molecule has 1 aliphatic rings. The monoisotopic (exact) mass is 380 g/mol. The van der Waals surface area contributed by atoms with Gasteiger partial charge in [-0.3, -0.25) is 9.59 Å². The van der Waals surface area contributed by atoms with Crippen molar-refractivity contribution in [3.63, 3.8) is 0 Å². The molecule has 6 heteroatoms. The van der Waals surface area contributed by atoms with E-state index in [0.717, 1.165) is 39.4 Å². The van der Waals surface area contributed by atoms with Gasteiger partial charge in [-0.15, -0.1) is 11.3 Å². The average molecular weight is 380 g/mol. The summed E-state index contributed by atoms with van der Waals surface area (Å²) in [5.74, 6) is -0.0851. The van der Waals surface area contributed by atoms with Gasteiger partial charge in [0.2, 0.25) is 5.91 Å². The van der Waals surface area contributed by atoms with Gasteiger partial charge in [0.25, 0.3) is 0 Å². The molecule has 0 spiro atoms. The molecule has 2 aromatic carbocycles. The largest absolute Gasteiger partial charge is 0.465 e.